The van der Waals surface area contributed by atoms with Gasteiger partial charge >= 0.3 is 0 Å². The van der Waals surface area contributed by atoms with Crippen LogP contribution in [0.3, 0.4) is 0 Å². The highest BCUT2D eigenvalue weighted by atomic mass is 79.9. The van der Waals surface area contributed by atoms with E-state index in [1.807, 2.05) is 23.1 Å². The van der Waals surface area contributed by atoms with Crippen LogP contribution in [0.15, 0.2) is 35.1 Å². The van der Waals surface area contributed by atoms with Crippen LogP contribution in [0, 0.1) is 5.82 Å². The van der Waals surface area contributed by atoms with Crippen molar-refractivity contribution in [3.8, 4) is 0 Å². The van der Waals surface area contributed by atoms with Gasteiger partial charge in [-0.05, 0) is 34.1 Å². The Morgan fingerprint density at radius 1 is 1.44 bits per heavy atom. The molecule has 0 aliphatic rings. The van der Waals surface area contributed by atoms with Gasteiger partial charge in [0.25, 0.3) is 0 Å². The lowest BCUT2D eigenvalue weighted by Crippen LogP contribution is -2.11. The highest BCUT2D eigenvalue weighted by molar-refractivity contribution is 9.10. The Morgan fingerprint density at radius 2 is 2.28 bits per heavy atom. The average molecular weight is 312 g/mol. The number of aromatic nitrogens is 2. The maximum Gasteiger partial charge on any atom is 0.137 e. The molecule has 3 nitrogen and oxygen atoms in total. The van der Waals surface area contributed by atoms with Crippen LogP contribution >= 0.6 is 15.9 Å². The Bertz CT molecular complexity index is 525. The van der Waals surface area contributed by atoms with Crippen molar-refractivity contribution in [1.82, 2.24) is 15.1 Å². The summed E-state index contributed by atoms with van der Waals surface area (Å²) in [5.41, 5.74) is 2.01. The van der Waals surface area contributed by atoms with E-state index in [1.165, 1.54) is 6.07 Å². The van der Waals surface area contributed by atoms with Gasteiger partial charge < -0.3 is 5.32 Å². The molecule has 0 aliphatic heterocycles. The molecule has 1 aromatic heterocycles. The van der Waals surface area contributed by atoms with Crippen LogP contribution in [-0.4, -0.2) is 16.3 Å². The van der Waals surface area contributed by atoms with E-state index in [9.17, 15) is 4.39 Å². The second-order valence-electron chi connectivity index (χ2n) is 4.04. The van der Waals surface area contributed by atoms with Gasteiger partial charge in [-0.25, -0.2) is 4.39 Å². The molecular formula is C13H15BrFN3. The van der Waals surface area contributed by atoms with Crippen molar-refractivity contribution in [3.63, 3.8) is 0 Å². The normalized spacial score (nSPS) is 10.8. The Morgan fingerprint density at radius 3 is 3.06 bits per heavy atom. The number of nitrogens with zero attached hydrogens (tertiary/aromatic N) is 2. The highest BCUT2D eigenvalue weighted by Crippen LogP contribution is 2.21. The maximum absolute atomic E-state index is 13.4. The van der Waals surface area contributed by atoms with Gasteiger partial charge in [0, 0.05) is 18.3 Å². The first-order valence-corrected chi connectivity index (χ1v) is 6.65. The van der Waals surface area contributed by atoms with Crippen LogP contribution in [-0.2, 0) is 13.1 Å². The van der Waals surface area contributed by atoms with Gasteiger partial charge in [-0.2, -0.15) is 5.10 Å². The topological polar surface area (TPSA) is 29.9 Å². The number of benzene rings is 1. The fourth-order valence-electron chi connectivity index (χ4n) is 1.70. The minimum Gasteiger partial charge on any atom is -0.313 e. The predicted molar refractivity (Wildman–Crippen MR) is 72.8 cm³/mol. The Labute approximate surface area is 114 Å². The second kappa shape index (κ2) is 6.11. The quantitative estimate of drug-likeness (QED) is 0.920. The monoisotopic (exact) mass is 311 g/mol. The van der Waals surface area contributed by atoms with Gasteiger partial charge in [0.2, 0.25) is 0 Å². The standard InChI is InChI=1S/C13H15BrFN3/c1-2-16-6-10-7-17-18(8-10)9-11-4-3-5-12(15)13(11)14/h3-5,7-8,16H,2,6,9H2,1H3. The van der Waals surface area contributed by atoms with Crippen molar-refractivity contribution >= 4 is 15.9 Å². The van der Waals surface area contributed by atoms with E-state index in [1.54, 1.807) is 6.07 Å². The molecule has 0 saturated carbocycles. The molecule has 0 atom stereocenters. The average Bonchev–Trinajstić information content (AvgIpc) is 2.80. The van der Waals surface area contributed by atoms with Crippen molar-refractivity contribution in [1.29, 1.82) is 0 Å². The van der Waals surface area contributed by atoms with Crippen LogP contribution in [0.1, 0.15) is 18.1 Å². The van der Waals surface area contributed by atoms with Crippen LogP contribution < -0.4 is 5.32 Å². The van der Waals surface area contributed by atoms with Crippen molar-refractivity contribution in [2.75, 3.05) is 6.54 Å². The van der Waals surface area contributed by atoms with E-state index in [2.05, 4.69) is 33.3 Å². The lowest BCUT2D eigenvalue weighted by atomic mass is 10.2. The summed E-state index contributed by atoms with van der Waals surface area (Å²) in [5.74, 6) is -0.243. The molecule has 96 valence electrons. The fraction of sp³-hybridized carbons (Fsp3) is 0.308. The van der Waals surface area contributed by atoms with Crippen molar-refractivity contribution in [3.05, 3.63) is 52.0 Å². The van der Waals surface area contributed by atoms with Crippen molar-refractivity contribution in [2.45, 2.75) is 20.0 Å². The van der Waals surface area contributed by atoms with E-state index >= 15 is 0 Å². The molecule has 0 spiro atoms. The summed E-state index contributed by atoms with van der Waals surface area (Å²) in [6, 6.07) is 5.03. The number of hydrogen-bond acceptors (Lipinski definition) is 2. The fourth-order valence-corrected chi connectivity index (χ4v) is 2.09. The molecule has 0 fully saturated rings. The van der Waals surface area contributed by atoms with E-state index < -0.39 is 0 Å². The highest BCUT2D eigenvalue weighted by Gasteiger charge is 2.06. The molecule has 2 aromatic rings. The smallest absolute Gasteiger partial charge is 0.137 e. The van der Waals surface area contributed by atoms with Gasteiger partial charge in [-0.1, -0.05) is 19.1 Å². The number of nitrogens with one attached hydrogen (secondary N) is 1. The first-order chi connectivity index (χ1) is 8.70. The Kier molecular flexibility index (Phi) is 4.49. The Hall–Kier alpha value is -1.20. The summed E-state index contributed by atoms with van der Waals surface area (Å²) < 4.78 is 15.7. The second-order valence-corrected chi connectivity index (χ2v) is 4.83. The van der Waals surface area contributed by atoms with E-state index in [4.69, 9.17) is 0 Å². The van der Waals surface area contributed by atoms with E-state index in [0.29, 0.717) is 11.0 Å². The molecule has 1 heterocycles. The van der Waals surface area contributed by atoms with Gasteiger partial charge in [0.15, 0.2) is 0 Å². The third kappa shape index (κ3) is 3.17. The third-order valence-electron chi connectivity index (χ3n) is 2.63. The van der Waals surface area contributed by atoms with Crippen LogP contribution in [0.2, 0.25) is 0 Å². The van der Waals surface area contributed by atoms with Crippen molar-refractivity contribution < 1.29 is 4.39 Å². The van der Waals surface area contributed by atoms with E-state index in [0.717, 1.165) is 24.2 Å². The summed E-state index contributed by atoms with van der Waals surface area (Å²) in [7, 11) is 0. The number of halogens is 2. The molecule has 2 rings (SSSR count). The molecule has 0 unspecified atom stereocenters. The predicted octanol–water partition coefficient (Wildman–Crippen LogP) is 2.94. The molecule has 5 heteroatoms. The number of hydrogen-bond donors (Lipinski definition) is 1. The molecule has 0 aliphatic carbocycles. The van der Waals surface area contributed by atoms with Gasteiger partial charge in [-0.3, -0.25) is 4.68 Å². The third-order valence-corrected chi connectivity index (χ3v) is 3.52. The van der Waals surface area contributed by atoms with Crippen LogP contribution in [0.5, 0.6) is 0 Å². The molecule has 1 aromatic carbocycles. The Balaban J connectivity index is 2.09. The first-order valence-electron chi connectivity index (χ1n) is 5.85. The summed E-state index contributed by atoms with van der Waals surface area (Å²) in [6.07, 6.45) is 3.80. The van der Waals surface area contributed by atoms with Gasteiger partial charge in [0.1, 0.15) is 5.82 Å². The summed E-state index contributed by atoms with van der Waals surface area (Å²) >= 11 is 3.26. The van der Waals surface area contributed by atoms with Gasteiger partial charge in [-0.15, -0.1) is 0 Å². The molecule has 1 N–H and O–H groups in total. The molecule has 0 saturated heterocycles. The lowest BCUT2D eigenvalue weighted by Gasteiger charge is -2.05. The van der Waals surface area contributed by atoms with Crippen LogP contribution in [0.4, 0.5) is 4.39 Å². The zero-order valence-corrected chi connectivity index (χ0v) is 11.7. The summed E-state index contributed by atoms with van der Waals surface area (Å²) in [4.78, 5) is 0. The minimum absolute atomic E-state index is 0.243. The van der Waals surface area contributed by atoms with Crippen LogP contribution in [0.25, 0.3) is 0 Å². The SMILES string of the molecule is CCNCc1cnn(Cc2cccc(F)c2Br)c1. The first kappa shape index (κ1) is 13.2. The summed E-state index contributed by atoms with van der Waals surface area (Å²) in [6.45, 7) is 4.36. The molecule has 18 heavy (non-hydrogen) atoms. The number of rotatable bonds is 5. The van der Waals surface area contributed by atoms with Crippen molar-refractivity contribution in [2.24, 2.45) is 0 Å². The zero-order chi connectivity index (χ0) is 13.0. The van der Waals surface area contributed by atoms with E-state index in [-0.39, 0.29) is 5.82 Å². The maximum atomic E-state index is 13.4. The summed E-state index contributed by atoms with van der Waals surface area (Å²) in [5, 5.41) is 7.51. The largest absolute Gasteiger partial charge is 0.313 e. The zero-order valence-electron chi connectivity index (χ0n) is 10.2. The lowest BCUT2D eigenvalue weighted by molar-refractivity contribution is 0.611. The molecular weight excluding hydrogens is 297 g/mol. The molecule has 0 amide bonds. The van der Waals surface area contributed by atoms with Gasteiger partial charge in [0.05, 0.1) is 17.2 Å². The minimum atomic E-state index is -0.243. The molecule has 0 radical (unpaired) electrons. The molecule has 0 bridgehead atoms.